The van der Waals surface area contributed by atoms with E-state index in [1.165, 1.54) is 24.3 Å². The molecule has 0 spiro atoms. The van der Waals surface area contributed by atoms with Gasteiger partial charge in [0, 0.05) is 22.1 Å². The molecule has 2 aromatic rings. The quantitative estimate of drug-likeness (QED) is 0.831. The molecule has 1 N–H and O–H groups in total. The lowest BCUT2D eigenvalue weighted by atomic mass is 10.4. The van der Waals surface area contributed by atoms with E-state index in [2.05, 4.69) is 26.2 Å². The lowest BCUT2D eigenvalue weighted by molar-refractivity contribution is -0.115. The van der Waals surface area contributed by atoms with Crippen LogP contribution in [0.5, 0.6) is 0 Å². The summed E-state index contributed by atoms with van der Waals surface area (Å²) < 4.78 is 25.0. The number of hydrogen-bond acceptors (Lipinski definition) is 4. The van der Waals surface area contributed by atoms with E-state index in [0.29, 0.717) is 10.8 Å². The minimum atomic E-state index is -3.52. The molecule has 1 amide bonds. The van der Waals surface area contributed by atoms with E-state index in [9.17, 15) is 13.2 Å². The van der Waals surface area contributed by atoms with Crippen LogP contribution in [0.15, 0.2) is 52.0 Å². The molecule has 116 valence electrons. The van der Waals surface area contributed by atoms with Gasteiger partial charge in [-0.1, -0.05) is 11.6 Å². The van der Waals surface area contributed by atoms with Crippen molar-refractivity contribution in [1.82, 2.24) is 4.98 Å². The Morgan fingerprint density at radius 2 is 1.86 bits per heavy atom. The Hall–Kier alpha value is -1.44. The number of amides is 1. The second kappa shape index (κ2) is 7.21. The number of nitrogens with zero attached hydrogens (tertiary/aromatic N) is 1. The number of carbonyl (C=O) groups is 1. The van der Waals surface area contributed by atoms with E-state index in [0.717, 1.165) is 4.47 Å². The van der Waals surface area contributed by atoms with E-state index in [1.54, 1.807) is 18.3 Å². The van der Waals surface area contributed by atoms with Crippen molar-refractivity contribution in [2.24, 2.45) is 0 Å². The Balaban J connectivity index is 1.95. The summed E-state index contributed by atoms with van der Waals surface area (Å²) in [6.07, 6.45) is 1.39. The zero-order valence-corrected chi connectivity index (χ0v) is 14.5. The highest BCUT2D eigenvalue weighted by Gasteiger charge is 2.16. The van der Waals surface area contributed by atoms with Crippen molar-refractivity contribution in [1.29, 1.82) is 0 Å². The van der Waals surface area contributed by atoms with Crippen LogP contribution in [0.3, 0.4) is 0 Å². The van der Waals surface area contributed by atoms with Crippen LogP contribution in [0.1, 0.15) is 6.42 Å². The Morgan fingerprint density at radius 3 is 2.45 bits per heavy atom. The highest BCUT2D eigenvalue weighted by Crippen LogP contribution is 2.16. The first-order chi connectivity index (χ1) is 10.4. The van der Waals surface area contributed by atoms with Crippen molar-refractivity contribution in [2.45, 2.75) is 11.3 Å². The van der Waals surface area contributed by atoms with Gasteiger partial charge in [0.05, 0.1) is 10.6 Å². The largest absolute Gasteiger partial charge is 0.311 e. The molecule has 5 nitrogen and oxygen atoms in total. The number of benzene rings is 1. The summed E-state index contributed by atoms with van der Waals surface area (Å²) in [6.45, 7) is 0. The minimum absolute atomic E-state index is 0.145. The maximum absolute atomic E-state index is 12.1. The molecule has 0 unspecified atom stereocenters. The summed E-state index contributed by atoms with van der Waals surface area (Å²) in [5.74, 6) is -0.318. The molecule has 0 saturated heterocycles. The number of anilines is 1. The minimum Gasteiger partial charge on any atom is -0.311 e. The molecule has 1 aromatic carbocycles. The summed E-state index contributed by atoms with van der Waals surface area (Å²) >= 11 is 8.96. The predicted octanol–water partition coefficient (Wildman–Crippen LogP) is 3.30. The zero-order chi connectivity index (χ0) is 16.2. The van der Waals surface area contributed by atoms with E-state index in [4.69, 9.17) is 11.6 Å². The molecule has 0 radical (unpaired) electrons. The van der Waals surface area contributed by atoms with Crippen molar-refractivity contribution in [3.8, 4) is 0 Å². The third-order valence-electron chi connectivity index (χ3n) is 2.77. The maximum atomic E-state index is 12.1. The van der Waals surface area contributed by atoms with Gasteiger partial charge in [-0.3, -0.25) is 4.79 Å². The Labute approximate surface area is 141 Å². The molecule has 0 fully saturated rings. The second-order valence-corrected chi connectivity index (χ2v) is 7.89. The van der Waals surface area contributed by atoms with Gasteiger partial charge in [0.1, 0.15) is 5.82 Å². The number of rotatable bonds is 5. The first-order valence-electron chi connectivity index (χ1n) is 6.26. The molecular formula is C14H12BrClN2O3S. The predicted molar refractivity (Wildman–Crippen MR) is 88.7 cm³/mol. The van der Waals surface area contributed by atoms with Crippen molar-refractivity contribution >= 4 is 49.1 Å². The first kappa shape index (κ1) is 16.9. The molecule has 8 heteroatoms. The first-order valence-corrected chi connectivity index (χ1v) is 9.09. The fraction of sp³-hybridized carbons (Fsp3) is 0.143. The standard InChI is InChI=1S/C14H12BrClN2O3S/c15-10-1-6-13(17-9-10)18-14(19)7-8-22(20,21)12-4-2-11(16)3-5-12/h1-6,9H,7-8H2,(H,17,18,19). The van der Waals surface area contributed by atoms with Crippen molar-refractivity contribution in [2.75, 3.05) is 11.1 Å². The van der Waals surface area contributed by atoms with Gasteiger partial charge in [0.2, 0.25) is 5.91 Å². The lowest BCUT2D eigenvalue weighted by Gasteiger charge is -2.06. The Morgan fingerprint density at radius 1 is 1.18 bits per heavy atom. The molecule has 0 aliphatic carbocycles. The van der Waals surface area contributed by atoms with Crippen LogP contribution in [0.4, 0.5) is 5.82 Å². The summed E-state index contributed by atoms with van der Waals surface area (Å²) in [5.41, 5.74) is 0. The molecule has 0 saturated carbocycles. The molecule has 0 atom stereocenters. The molecule has 0 aliphatic heterocycles. The van der Waals surface area contributed by atoms with Crippen molar-refractivity contribution in [3.63, 3.8) is 0 Å². The zero-order valence-electron chi connectivity index (χ0n) is 11.3. The topological polar surface area (TPSA) is 76.1 Å². The van der Waals surface area contributed by atoms with Gasteiger partial charge in [-0.2, -0.15) is 0 Å². The lowest BCUT2D eigenvalue weighted by Crippen LogP contribution is -2.18. The van der Waals surface area contributed by atoms with Gasteiger partial charge in [-0.05, 0) is 52.3 Å². The molecule has 2 rings (SSSR count). The van der Waals surface area contributed by atoms with Gasteiger partial charge in [0.15, 0.2) is 9.84 Å². The van der Waals surface area contributed by atoms with Crippen molar-refractivity contribution < 1.29 is 13.2 Å². The molecule has 0 aliphatic rings. The third-order valence-corrected chi connectivity index (χ3v) is 5.22. The monoisotopic (exact) mass is 402 g/mol. The number of aromatic nitrogens is 1. The van der Waals surface area contributed by atoms with Gasteiger partial charge >= 0.3 is 0 Å². The van der Waals surface area contributed by atoms with E-state index < -0.39 is 15.7 Å². The summed E-state index contributed by atoms with van der Waals surface area (Å²) in [6, 6.07) is 9.20. The summed E-state index contributed by atoms with van der Waals surface area (Å²) in [5, 5.41) is 3.00. The number of pyridine rings is 1. The molecule has 0 bridgehead atoms. The van der Waals surface area contributed by atoms with Crippen LogP contribution in [-0.2, 0) is 14.6 Å². The molecule has 1 heterocycles. The van der Waals surface area contributed by atoms with Crippen molar-refractivity contribution in [3.05, 3.63) is 52.1 Å². The smallest absolute Gasteiger partial charge is 0.226 e. The Kier molecular flexibility index (Phi) is 5.55. The fourth-order valence-corrected chi connectivity index (χ4v) is 3.24. The molecule has 1 aromatic heterocycles. The van der Waals surface area contributed by atoms with Crippen LogP contribution >= 0.6 is 27.5 Å². The van der Waals surface area contributed by atoms with Crippen LogP contribution in [-0.4, -0.2) is 25.1 Å². The van der Waals surface area contributed by atoms with Gasteiger partial charge in [-0.25, -0.2) is 13.4 Å². The van der Waals surface area contributed by atoms with Crippen LogP contribution < -0.4 is 5.32 Å². The number of nitrogens with one attached hydrogen (secondary N) is 1. The third kappa shape index (κ3) is 4.79. The average molecular weight is 404 g/mol. The van der Waals surface area contributed by atoms with Crippen LogP contribution in [0.2, 0.25) is 5.02 Å². The number of halogens is 2. The highest BCUT2D eigenvalue weighted by molar-refractivity contribution is 9.10. The number of sulfone groups is 1. The SMILES string of the molecule is O=C(CCS(=O)(=O)c1ccc(Cl)cc1)Nc1ccc(Br)cn1. The van der Waals surface area contributed by atoms with Crippen LogP contribution in [0, 0.1) is 0 Å². The fourth-order valence-electron chi connectivity index (χ4n) is 1.64. The van der Waals surface area contributed by atoms with Gasteiger partial charge in [0.25, 0.3) is 0 Å². The average Bonchev–Trinajstić information content (AvgIpc) is 2.48. The van der Waals surface area contributed by atoms with E-state index in [1.807, 2.05) is 0 Å². The van der Waals surface area contributed by atoms with Gasteiger partial charge < -0.3 is 5.32 Å². The van der Waals surface area contributed by atoms with Gasteiger partial charge in [-0.15, -0.1) is 0 Å². The summed E-state index contributed by atoms with van der Waals surface area (Å²) in [4.78, 5) is 15.9. The number of hydrogen-bond donors (Lipinski definition) is 1. The normalized spacial score (nSPS) is 11.2. The maximum Gasteiger partial charge on any atom is 0.226 e. The Bertz CT molecular complexity index is 762. The van der Waals surface area contributed by atoms with E-state index in [-0.39, 0.29) is 17.1 Å². The summed E-state index contributed by atoms with van der Waals surface area (Å²) in [7, 11) is -3.52. The highest BCUT2D eigenvalue weighted by atomic mass is 79.9. The van der Waals surface area contributed by atoms with E-state index >= 15 is 0 Å². The molecular weight excluding hydrogens is 392 g/mol. The molecule has 22 heavy (non-hydrogen) atoms. The van der Waals surface area contributed by atoms with Crippen LogP contribution in [0.25, 0.3) is 0 Å². The second-order valence-electron chi connectivity index (χ2n) is 4.43. The number of carbonyl (C=O) groups excluding carboxylic acids is 1.